The van der Waals surface area contributed by atoms with Crippen molar-refractivity contribution in [3.63, 3.8) is 0 Å². The first kappa shape index (κ1) is 38.1. The van der Waals surface area contributed by atoms with E-state index < -0.39 is 141 Å². The van der Waals surface area contributed by atoms with E-state index in [9.17, 15) is 55.9 Å². The van der Waals surface area contributed by atoms with Crippen molar-refractivity contribution in [2.45, 2.75) is 149 Å². The third kappa shape index (κ3) is 7.99. The molecule has 0 aromatic carbocycles. The first-order valence-corrected chi connectivity index (χ1v) is 16.4. The lowest BCUT2D eigenvalue weighted by Crippen LogP contribution is -2.63. The second-order valence-corrected chi connectivity index (χ2v) is 13.6. The quantitative estimate of drug-likeness (QED) is 0.101. The molecule has 18 heteroatoms. The van der Waals surface area contributed by atoms with E-state index in [1.54, 1.807) is 0 Å². The highest BCUT2D eigenvalue weighted by Gasteiger charge is 2.54. The Morgan fingerprint density at radius 1 is 0.667 bits per heavy atom. The van der Waals surface area contributed by atoms with Crippen LogP contribution in [-0.2, 0) is 38.0 Å². The van der Waals surface area contributed by atoms with Crippen LogP contribution in [0.3, 0.4) is 0 Å². The number of esters is 1. The van der Waals surface area contributed by atoms with E-state index in [-0.39, 0.29) is 32.1 Å². The van der Waals surface area contributed by atoms with Gasteiger partial charge < -0.3 is 84.2 Å². The maximum atomic E-state index is 11.4. The molecule has 278 valence electrons. The lowest BCUT2D eigenvalue weighted by Gasteiger charge is -2.53. The number of hydrogen-bond acceptors (Lipinski definition) is 18. The molecular weight excluding hydrogens is 648 g/mol. The molecule has 3 saturated heterocycles. The molecule has 0 bridgehead atoms. The van der Waals surface area contributed by atoms with Crippen molar-refractivity contribution in [1.82, 2.24) is 0 Å². The molecular formula is C30H50O18. The fourth-order valence-corrected chi connectivity index (χ4v) is 7.70. The number of fused-ring (bicyclic) bond motifs is 1. The number of ether oxygens (including phenoxy) is 7. The number of rotatable bonds is 9. The van der Waals surface area contributed by atoms with Crippen molar-refractivity contribution >= 4 is 5.97 Å². The summed E-state index contributed by atoms with van der Waals surface area (Å²) < 4.78 is 40.7. The SMILES string of the molecule is COC1CC(C2OC3CC(O)CC(OC4OC(COC(C)=O)C(O)C(O)C4O)C3CC2OC2OC(CO)C(O)C(O)C2O)CC(O)C1O. The summed E-state index contributed by atoms with van der Waals surface area (Å²) in [5.74, 6) is -1.69. The summed E-state index contributed by atoms with van der Waals surface area (Å²) in [6, 6.07) is 0. The first-order chi connectivity index (χ1) is 22.7. The molecule has 18 nitrogen and oxygen atoms in total. The Balaban J connectivity index is 1.39. The van der Waals surface area contributed by atoms with Crippen molar-refractivity contribution in [3.8, 4) is 0 Å². The number of aliphatic hydroxyl groups excluding tert-OH is 10. The third-order valence-corrected chi connectivity index (χ3v) is 10.4. The topological polar surface area (TPSA) is 284 Å². The van der Waals surface area contributed by atoms with Crippen LogP contribution in [0.15, 0.2) is 0 Å². The molecule has 5 rings (SSSR count). The van der Waals surface area contributed by atoms with Crippen molar-refractivity contribution in [1.29, 1.82) is 0 Å². The number of aliphatic hydroxyl groups is 10. The largest absolute Gasteiger partial charge is 0.463 e. The molecule has 3 aliphatic heterocycles. The van der Waals surface area contributed by atoms with Crippen LogP contribution in [-0.4, -0.2) is 188 Å². The molecule has 5 fully saturated rings. The lowest BCUT2D eigenvalue weighted by molar-refractivity contribution is -0.345. The number of carbonyl (C=O) groups excluding carboxylic acids is 1. The maximum absolute atomic E-state index is 11.4. The predicted molar refractivity (Wildman–Crippen MR) is 154 cm³/mol. The summed E-state index contributed by atoms with van der Waals surface area (Å²) in [7, 11) is 1.40. The van der Waals surface area contributed by atoms with Gasteiger partial charge in [0, 0.05) is 26.4 Å². The Morgan fingerprint density at radius 2 is 1.27 bits per heavy atom. The zero-order valence-corrected chi connectivity index (χ0v) is 26.7. The van der Waals surface area contributed by atoms with Gasteiger partial charge in [-0.05, 0) is 31.6 Å². The molecule has 2 aliphatic carbocycles. The van der Waals surface area contributed by atoms with E-state index in [1.807, 2.05) is 0 Å². The van der Waals surface area contributed by atoms with Gasteiger partial charge in [0.2, 0.25) is 0 Å². The number of hydrogen-bond donors (Lipinski definition) is 10. The molecule has 20 unspecified atom stereocenters. The Kier molecular flexibility index (Phi) is 12.7. The van der Waals surface area contributed by atoms with Crippen LogP contribution in [0, 0.1) is 11.8 Å². The summed E-state index contributed by atoms with van der Waals surface area (Å²) in [6.45, 7) is 0.0468. The fraction of sp³-hybridized carbons (Fsp3) is 0.967. The highest BCUT2D eigenvalue weighted by atomic mass is 16.7. The highest BCUT2D eigenvalue weighted by Crippen LogP contribution is 2.45. The molecule has 0 aromatic heterocycles. The van der Waals surface area contributed by atoms with E-state index in [4.69, 9.17) is 33.2 Å². The van der Waals surface area contributed by atoms with Gasteiger partial charge in [-0.3, -0.25) is 4.79 Å². The Hall–Kier alpha value is -1.17. The molecule has 2 saturated carbocycles. The van der Waals surface area contributed by atoms with E-state index in [0.29, 0.717) is 0 Å². The third-order valence-electron chi connectivity index (χ3n) is 10.4. The molecule has 0 aromatic rings. The molecule has 0 radical (unpaired) electrons. The van der Waals surface area contributed by atoms with Crippen molar-refractivity contribution in [2.75, 3.05) is 20.3 Å². The van der Waals surface area contributed by atoms with Crippen molar-refractivity contribution in [3.05, 3.63) is 0 Å². The zero-order chi connectivity index (χ0) is 35.0. The van der Waals surface area contributed by atoms with Crippen LogP contribution in [0.1, 0.15) is 39.0 Å². The lowest BCUT2D eigenvalue weighted by atomic mass is 9.72. The second kappa shape index (κ2) is 16.0. The van der Waals surface area contributed by atoms with E-state index in [2.05, 4.69) is 0 Å². The minimum Gasteiger partial charge on any atom is -0.463 e. The average Bonchev–Trinajstić information content (AvgIpc) is 3.05. The number of methoxy groups -OCH3 is 1. The molecule has 0 amide bonds. The Bertz CT molecular complexity index is 1050. The van der Waals surface area contributed by atoms with Gasteiger partial charge in [0.1, 0.15) is 61.5 Å². The highest BCUT2D eigenvalue weighted by molar-refractivity contribution is 5.65. The van der Waals surface area contributed by atoms with Gasteiger partial charge in [-0.2, -0.15) is 0 Å². The van der Waals surface area contributed by atoms with Gasteiger partial charge in [-0.15, -0.1) is 0 Å². The minimum atomic E-state index is -1.72. The predicted octanol–water partition coefficient (Wildman–Crippen LogP) is -5.00. The normalized spacial score (nSPS) is 51.6. The van der Waals surface area contributed by atoms with Crippen molar-refractivity contribution < 1.29 is 89.0 Å². The van der Waals surface area contributed by atoms with E-state index in [0.717, 1.165) is 6.92 Å². The van der Waals surface area contributed by atoms with Crippen molar-refractivity contribution in [2.24, 2.45) is 11.8 Å². The monoisotopic (exact) mass is 698 g/mol. The average molecular weight is 699 g/mol. The molecule has 3 heterocycles. The van der Waals surface area contributed by atoms with Crippen LogP contribution < -0.4 is 0 Å². The Labute approximate surface area is 276 Å². The molecule has 5 aliphatic rings. The smallest absolute Gasteiger partial charge is 0.302 e. The summed E-state index contributed by atoms with van der Waals surface area (Å²) >= 11 is 0. The van der Waals surface area contributed by atoms with Gasteiger partial charge in [0.25, 0.3) is 0 Å². The summed E-state index contributed by atoms with van der Waals surface area (Å²) in [5, 5.41) is 105. The van der Waals surface area contributed by atoms with E-state index in [1.165, 1.54) is 7.11 Å². The van der Waals surface area contributed by atoms with Crippen LogP contribution in [0.5, 0.6) is 0 Å². The van der Waals surface area contributed by atoms with Gasteiger partial charge in [-0.25, -0.2) is 0 Å². The Morgan fingerprint density at radius 3 is 1.88 bits per heavy atom. The van der Waals surface area contributed by atoms with Crippen LogP contribution in [0.4, 0.5) is 0 Å². The second-order valence-electron chi connectivity index (χ2n) is 13.6. The maximum Gasteiger partial charge on any atom is 0.302 e. The van der Waals surface area contributed by atoms with Crippen LogP contribution in [0.2, 0.25) is 0 Å². The van der Waals surface area contributed by atoms with E-state index >= 15 is 0 Å². The number of carbonyl (C=O) groups is 1. The van der Waals surface area contributed by atoms with Gasteiger partial charge in [0.15, 0.2) is 12.6 Å². The van der Waals surface area contributed by atoms with Crippen LogP contribution in [0.25, 0.3) is 0 Å². The molecule has 48 heavy (non-hydrogen) atoms. The van der Waals surface area contributed by atoms with Gasteiger partial charge >= 0.3 is 5.97 Å². The standard InChI is InChI=1S/C30H50O18/c1-10(32)43-9-20-23(37)25(39)27(41)29(48-20)45-16-6-12(33)5-15-13(16)7-18(46-30-26(40)24(38)22(36)19(8-31)47-30)28(44-15)11-3-14(34)21(35)17(4-11)42-2/h11-31,33-41H,3-9H2,1-2H3. The summed E-state index contributed by atoms with van der Waals surface area (Å²) in [5.41, 5.74) is 0. The van der Waals surface area contributed by atoms with Gasteiger partial charge in [0.05, 0.1) is 49.3 Å². The molecule has 20 atom stereocenters. The van der Waals surface area contributed by atoms with Crippen LogP contribution >= 0.6 is 0 Å². The molecule has 10 N–H and O–H groups in total. The minimum absolute atomic E-state index is 0.0435. The van der Waals surface area contributed by atoms with Gasteiger partial charge in [-0.1, -0.05) is 0 Å². The fourth-order valence-electron chi connectivity index (χ4n) is 7.70. The first-order valence-electron chi connectivity index (χ1n) is 16.4. The summed E-state index contributed by atoms with van der Waals surface area (Å²) in [6.07, 6.45) is -22.3. The molecule has 0 spiro atoms. The summed E-state index contributed by atoms with van der Waals surface area (Å²) in [4.78, 5) is 11.4. The zero-order valence-electron chi connectivity index (χ0n) is 26.7.